The second-order valence-corrected chi connectivity index (χ2v) is 7.95. The number of para-hydroxylation sites is 1. The number of hydrogen-bond acceptors (Lipinski definition) is 4. The molecule has 0 saturated heterocycles. The summed E-state index contributed by atoms with van der Waals surface area (Å²) in [6.45, 7) is 2.31. The van der Waals surface area contributed by atoms with Gasteiger partial charge >= 0.3 is 0 Å². The molecule has 0 aromatic heterocycles. The summed E-state index contributed by atoms with van der Waals surface area (Å²) in [4.78, 5) is 12.5. The molecule has 1 amide bonds. The first kappa shape index (κ1) is 24.2. The Morgan fingerprint density at radius 1 is 1.12 bits per heavy atom. The van der Waals surface area contributed by atoms with Crippen molar-refractivity contribution < 1.29 is 23.0 Å². The molecule has 1 N–H and O–H groups in total. The van der Waals surface area contributed by atoms with Gasteiger partial charge in [-0.25, -0.2) is 8.78 Å². The standard InChI is InChI=1S/C25H19F2IN2O3/c1-2-32-23-13-17(10-18(14-29)25(31)30-22-9-4-3-8-20(22)27)12-21(28)24(23)33-15-16-6-5-7-19(26)11-16/h3-13H,2,15H2,1H3,(H,30,31)/b18-10-. The molecular formula is C25H19F2IN2O3. The average molecular weight is 560 g/mol. The highest BCUT2D eigenvalue weighted by Crippen LogP contribution is 2.35. The monoisotopic (exact) mass is 560 g/mol. The Labute approximate surface area is 203 Å². The minimum absolute atomic E-state index is 0.0191. The van der Waals surface area contributed by atoms with Crippen LogP contribution in [0.2, 0.25) is 0 Å². The Morgan fingerprint density at radius 2 is 1.91 bits per heavy atom. The summed E-state index contributed by atoms with van der Waals surface area (Å²) < 4.78 is 39.5. The van der Waals surface area contributed by atoms with Gasteiger partial charge in [-0.05, 0) is 83.1 Å². The van der Waals surface area contributed by atoms with Gasteiger partial charge in [0.25, 0.3) is 5.91 Å². The molecule has 8 heteroatoms. The first-order valence-corrected chi connectivity index (χ1v) is 11.0. The summed E-state index contributed by atoms with van der Waals surface area (Å²) in [6.07, 6.45) is 1.39. The third-order valence-corrected chi connectivity index (χ3v) is 5.20. The molecule has 33 heavy (non-hydrogen) atoms. The van der Waals surface area contributed by atoms with Crippen LogP contribution in [0.3, 0.4) is 0 Å². The smallest absolute Gasteiger partial charge is 0.266 e. The van der Waals surface area contributed by atoms with Crippen molar-refractivity contribution in [3.8, 4) is 17.6 Å². The molecular weight excluding hydrogens is 541 g/mol. The Kier molecular flexibility index (Phi) is 8.38. The number of hydrogen-bond donors (Lipinski definition) is 1. The summed E-state index contributed by atoms with van der Waals surface area (Å²) in [7, 11) is 0. The highest BCUT2D eigenvalue weighted by Gasteiger charge is 2.15. The number of nitrogens with zero attached hydrogens (tertiary/aromatic N) is 1. The second kappa shape index (κ2) is 11.4. The zero-order valence-electron chi connectivity index (χ0n) is 17.6. The van der Waals surface area contributed by atoms with Gasteiger partial charge in [-0.2, -0.15) is 5.26 Å². The number of amides is 1. The largest absolute Gasteiger partial charge is 0.490 e. The van der Waals surface area contributed by atoms with Crippen LogP contribution in [-0.4, -0.2) is 12.5 Å². The van der Waals surface area contributed by atoms with Crippen molar-refractivity contribution in [1.29, 1.82) is 5.26 Å². The van der Waals surface area contributed by atoms with Crippen LogP contribution in [0.1, 0.15) is 18.1 Å². The molecule has 3 aromatic rings. The van der Waals surface area contributed by atoms with Gasteiger partial charge in [0.2, 0.25) is 0 Å². The summed E-state index contributed by atoms with van der Waals surface area (Å²) in [5.41, 5.74) is 0.967. The highest BCUT2D eigenvalue weighted by atomic mass is 127. The van der Waals surface area contributed by atoms with Crippen LogP contribution in [0.5, 0.6) is 11.5 Å². The summed E-state index contributed by atoms with van der Waals surface area (Å²) in [5.74, 6) is -0.806. The van der Waals surface area contributed by atoms with E-state index in [-0.39, 0.29) is 23.7 Å². The number of anilines is 1. The van der Waals surface area contributed by atoms with Crippen molar-refractivity contribution in [3.63, 3.8) is 0 Å². The van der Waals surface area contributed by atoms with Gasteiger partial charge in [0.15, 0.2) is 11.5 Å². The first-order chi connectivity index (χ1) is 15.9. The minimum Gasteiger partial charge on any atom is -0.490 e. The van der Waals surface area contributed by atoms with Gasteiger partial charge in [-0.3, -0.25) is 4.79 Å². The predicted octanol–water partition coefficient (Wildman–Crippen LogP) is 6.09. The van der Waals surface area contributed by atoms with Crippen LogP contribution in [0.25, 0.3) is 6.08 Å². The SMILES string of the molecule is CCOc1cc(/C=C(/C#N)C(=O)Nc2ccccc2F)cc(I)c1OCc1cccc(F)c1. The van der Waals surface area contributed by atoms with E-state index in [1.54, 1.807) is 30.3 Å². The van der Waals surface area contributed by atoms with Gasteiger partial charge in [0.05, 0.1) is 15.9 Å². The van der Waals surface area contributed by atoms with Crippen LogP contribution < -0.4 is 14.8 Å². The normalized spacial score (nSPS) is 10.9. The maximum absolute atomic E-state index is 13.8. The third kappa shape index (κ3) is 6.52. The molecule has 0 unspecified atom stereocenters. The van der Waals surface area contributed by atoms with E-state index in [1.165, 1.54) is 36.4 Å². The number of carbonyl (C=O) groups is 1. The molecule has 0 aliphatic rings. The molecule has 0 radical (unpaired) electrons. The van der Waals surface area contributed by atoms with Crippen LogP contribution >= 0.6 is 22.6 Å². The fourth-order valence-corrected chi connectivity index (χ4v) is 3.71. The lowest BCUT2D eigenvalue weighted by Crippen LogP contribution is -2.14. The van der Waals surface area contributed by atoms with Crippen LogP contribution in [0.15, 0.2) is 66.2 Å². The third-order valence-electron chi connectivity index (χ3n) is 4.40. The summed E-state index contributed by atoms with van der Waals surface area (Å²) >= 11 is 2.06. The molecule has 3 rings (SSSR count). The Morgan fingerprint density at radius 3 is 2.61 bits per heavy atom. The fraction of sp³-hybridized carbons (Fsp3) is 0.120. The van der Waals surface area contributed by atoms with Crippen molar-refractivity contribution in [3.05, 3.63) is 92.6 Å². The Balaban J connectivity index is 1.86. The molecule has 0 aliphatic carbocycles. The Hall–Kier alpha value is -3.45. The van der Waals surface area contributed by atoms with Gasteiger partial charge in [-0.15, -0.1) is 0 Å². The minimum atomic E-state index is -0.734. The highest BCUT2D eigenvalue weighted by molar-refractivity contribution is 14.1. The molecule has 0 heterocycles. The molecule has 0 saturated carbocycles. The van der Waals surface area contributed by atoms with Crippen LogP contribution in [0.4, 0.5) is 14.5 Å². The van der Waals surface area contributed by atoms with Gasteiger partial charge in [-0.1, -0.05) is 24.3 Å². The van der Waals surface area contributed by atoms with E-state index in [1.807, 2.05) is 13.0 Å². The van der Waals surface area contributed by atoms with E-state index in [0.29, 0.717) is 32.8 Å². The zero-order chi connectivity index (χ0) is 23.8. The molecule has 0 fully saturated rings. The summed E-state index contributed by atoms with van der Waals surface area (Å²) in [5, 5.41) is 11.9. The fourth-order valence-electron chi connectivity index (χ4n) is 2.92. The summed E-state index contributed by atoms with van der Waals surface area (Å²) in [6, 6.07) is 17.0. The van der Waals surface area contributed by atoms with Crippen LogP contribution in [0, 0.1) is 26.5 Å². The van der Waals surface area contributed by atoms with Gasteiger partial charge in [0, 0.05) is 0 Å². The molecule has 0 aliphatic heterocycles. The average Bonchev–Trinajstić information content (AvgIpc) is 2.78. The first-order valence-electron chi connectivity index (χ1n) is 9.92. The van der Waals surface area contributed by atoms with E-state index in [9.17, 15) is 18.8 Å². The van der Waals surface area contributed by atoms with Crippen molar-refractivity contribution >= 4 is 40.3 Å². The van der Waals surface area contributed by atoms with Crippen molar-refractivity contribution in [2.24, 2.45) is 0 Å². The van der Waals surface area contributed by atoms with Crippen molar-refractivity contribution in [2.75, 3.05) is 11.9 Å². The lowest BCUT2D eigenvalue weighted by atomic mass is 10.1. The maximum Gasteiger partial charge on any atom is 0.266 e. The van der Waals surface area contributed by atoms with Crippen molar-refractivity contribution in [2.45, 2.75) is 13.5 Å². The van der Waals surface area contributed by atoms with Crippen molar-refractivity contribution in [1.82, 2.24) is 0 Å². The quantitative estimate of drug-likeness (QED) is 0.206. The number of nitrogens with one attached hydrogen (secondary N) is 1. The van der Waals surface area contributed by atoms with Gasteiger partial charge in [0.1, 0.15) is 29.9 Å². The van der Waals surface area contributed by atoms with E-state index in [4.69, 9.17) is 9.47 Å². The van der Waals surface area contributed by atoms with E-state index < -0.39 is 11.7 Å². The lowest BCUT2D eigenvalue weighted by molar-refractivity contribution is -0.112. The van der Waals surface area contributed by atoms with E-state index in [0.717, 1.165) is 0 Å². The molecule has 168 valence electrons. The van der Waals surface area contributed by atoms with E-state index >= 15 is 0 Å². The Bertz CT molecular complexity index is 1240. The molecule has 0 atom stereocenters. The molecule has 3 aromatic carbocycles. The lowest BCUT2D eigenvalue weighted by Gasteiger charge is -2.15. The number of carbonyl (C=O) groups excluding carboxylic acids is 1. The van der Waals surface area contributed by atoms with Gasteiger partial charge < -0.3 is 14.8 Å². The van der Waals surface area contributed by atoms with E-state index in [2.05, 4.69) is 27.9 Å². The number of benzene rings is 3. The number of halogens is 3. The van der Waals surface area contributed by atoms with Crippen LogP contribution in [-0.2, 0) is 11.4 Å². The number of nitriles is 1. The second-order valence-electron chi connectivity index (χ2n) is 6.79. The predicted molar refractivity (Wildman–Crippen MR) is 130 cm³/mol. The number of rotatable bonds is 8. The zero-order valence-corrected chi connectivity index (χ0v) is 19.7. The molecule has 0 spiro atoms. The topological polar surface area (TPSA) is 71.3 Å². The molecule has 0 bridgehead atoms. The molecule has 5 nitrogen and oxygen atoms in total. The number of ether oxygens (including phenoxy) is 2. The maximum atomic E-state index is 13.8.